The highest BCUT2D eigenvalue weighted by atomic mass is 16.7. The number of hydrogen-bond donors (Lipinski definition) is 0. The molecule has 0 aliphatic carbocycles. The molecule has 2 aliphatic heterocycles. The normalized spacial score (nSPS) is 14.2. The first-order valence-corrected chi connectivity index (χ1v) is 9.51. The fraction of sp³-hybridized carbons (Fsp3) is 0.273. The van der Waals surface area contributed by atoms with Crippen LogP contribution in [0.15, 0.2) is 36.4 Å². The third kappa shape index (κ3) is 3.63. The maximum absolute atomic E-state index is 13.0. The van der Waals surface area contributed by atoms with E-state index in [-0.39, 0.29) is 37.9 Å². The van der Waals surface area contributed by atoms with Gasteiger partial charge in [-0.1, -0.05) is 12.1 Å². The van der Waals surface area contributed by atoms with E-state index in [0.29, 0.717) is 34.1 Å². The Morgan fingerprint density at radius 1 is 0.700 bits per heavy atom. The Balaban J connectivity index is 1.93. The molecule has 0 radical (unpaired) electrons. The Morgan fingerprint density at radius 3 is 1.50 bits per heavy atom. The summed E-state index contributed by atoms with van der Waals surface area (Å²) in [7, 11) is 0. The molecule has 0 bridgehead atoms. The van der Waals surface area contributed by atoms with E-state index in [9.17, 15) is 9.59 Å². The topological polar surface area (TPSA) is 89.5 Å². The second-order valence-electron chi connectivity index (χ2n) is 6.33. The van der Waals surface area contributed by atoms with E-state index < -0.39 is 11.9 Å². The lowest BCUT2D eigenvalue weighted by Gasteiger charge is -2.15. The molecule has 0 atom stereocenters. The van der Waals surface area contributed by atoms with Gasteiger partial charge in [0.15, 0.2) is 23.0 Å². The van der Waals surface area contributed by atoms with Crippen LogP contribution in [-0.2, 0) is 19.1 Å². The van der Waals surface area contributed by atoms with Gasteiger partial charge in [0.2, 0.25) is 13.6 Å². The van der Waals surface area contributed by atoms with Crippen LogP contribution >= 0.6 is 0 Å². The first kappa shape index (κ1) is 19.6. The van der Waals surface area contributed by atoms with Gasteiger partial charge in [-0.25, -0.2) is 9.59 Å². The number of fused-ring (bicyclic) bond motifs is 2. The summed E-state index contributed by atoms with van der Waals surface area (Å²) < 4.78 is 32.1. The zero-order chi connectivity index (χ0) is 21.1. The van der Waals surface area contributed by atoms with Crippen molar-refractivity contribution in [3.63, 3.8) is 0 Å². The number of esters is 2. The zero-order valence-electron chi connectivity index (χ0n) is 16.6. The number of benzene rings is 2. The maximum atomic E-state index is 13.0. The van der Waals surface area contributed by atoms with E-state index in [4.69, 9.17) is 28.4 Å². The van der Waals surface area contributed by atoms with Crippen LogP contribution in [0.1, 0.15) is 25.0 Å². The van der Waals surface area contributed by atoms with Crippen LogP contribution in [0.25, 0.3) is 11.1 Å². The molecule has 0 fully saturated rings. The van der Waals surface area contributed by atoms with Crippen molar-refractivity contribution in [2.45, 2.75) is 13.8 Å². The highest BCUT2D eigenvalue weighted by Crippen LogP contribution is 2.40. The fourth-order valence-corrected chi connectivity index (χ4v) is 3.24. The lowest BCUT2D eigenvalue weighted by Crippen LogP contribution is -2.15. The summed E-state index contributed by atoms with van der Waals surface area (Å²) >= 11 is 0. The number of carbonyl (C=O) groups is 2. The third-order valence-electron chi connectivity index (χ3n) is 4.53. The molecular weight excluding hydrogens is 392 g/mol. The molecule has 2 aliphatic rings. The predicted molar refractivity (Wildman–Crippen MR) is 105 cm³/mol. The second kappa shape index (κ2) is 8.36. The Morgan fingerprint density at radius 2 is 1.10 bits per heavy atom. The number of hydrogen-bond acceptors (Lipinski definition) is 8. The molecular formula is C22H20O8. The molecule has 2 aromatic rings. The first-order chi connectivity index (χ1) is 14.6. The van der Waals surface area contributed by atoms with Crippen LogP contribution in [0.2, 0.25) is 0 Å². The van der Waals surface area contributed by atoms with Crippen molar-refractivity contribution in [3.05, 3.63) is 47.5 Å². The van der Waals surface area contributed by atoms with Gasteiger partial charge in [-0.15, -0.1) is 0 Å². The van der Waals surface area contributed by atoms with Gasteiger partial charge < -0.3 is 28.4 Å². The van der Waals surface area contributed by atoms with E-state index in [2.05, 4.69) is 0 Å². The number of ether oxygens (including phenoxy) is 6. The Hall–Kier alpha value is -3.68. The monoisotopic (exact) mass is 412 g/mol. The molecule has 0 N–H and O–H groups in total. The average Bonchev–Trinajstić information content (AvgIpc) is 3.40. The minimum atomic E-state index is -0.655. The van der Waals surface area contributed by atoms with Gasteiger partial charge in [-0.05, 0) is 49.2 Å². The van der Waals surface area contributed by atoms with Crippen molar-refractivity contribution < 1.29 is 38.0 Å². The molecule has 30 heavy (non-hydrogen) atoms. The Bertz CT molecular complexity index is 942. The van der Waals surface area contributed by atoms with Crippen LogP contribution in [0.5, 0.6) is 23.0 Å². The van der Waals surface area contributed by atoms with Gasteiger partial charge in [-0.2, -0.15) is 0 Å². The SMILES string of the molecule is CCOC(=O)/C(=C(/C(=O)OCC)c1ccc2c(c1)OCO2)c1ccc2c(c1)OCO2. The summed E-state index contributed by atoms with van der Waals surface area (Å²) in [6, 6.07) is 9.98. The van der Waals surface area contributed by atoms with E-state index in [1.807, 2.05) is 0 Å². The standard InChI is InChI=1S/C22H20O8/c1-3-25-21(23)19(13-5-7-15-17(9-13)29-11-27-15)20(22(24)26-4-2)14-6-8-16-18(10-14)30-12-28-16/h5-10H,3-4,11-12H2,1-2H3/b20-19+. The molecule has 0 aromatic heterocycles. The van der Waals surface area contributed by atoms with Crippen molar-refractivity contribution in [2.75, 3.05) is 26.8 Å². The van der Waals surface area contributed by atoms with E-state index in [1.54, 1.807) is 50.2 Å². The smallest absolute Gasteiger partial charge is 0.339 e. The van der Waals surface area contributed by atoms with E-state index in [0.717, 1.165) is 0 Å². The van der Waals surface area contributed by atoms with E-state index in [1.165, 1.54) is 0 Å². The Labute approximate surface area is 172 Å². The fourth-order valence-electron chi connectivity index (χ4n) is 3.24. The molecule has 0 saturated heterocycles. The summed E-state index contributed by atoms with van der Waals surface area (Å²) in [6.45, 7) is 3.85. The number of rotatable bonds is 6. The van der Waals surface area contributed by atoms with Gasteiger partial charge in [0.1, 0.15) is 0 Å². The minimum Gasteiger partial charge on any atom is -0.462 e. The van der Waals surface area contributed by atoms with Crippen LogP contribution in [-0.4, -0.2) is 38.7 Å². The molecule has 2 heterocycles. The predicted octanol–water partition coefficient (Wildman–Crippen LogP) is 3.18. The van der Waals surface area contributed by atoms with Crippen molar-refractivity contribution in [2.24, 2.45) is 0 Å². The van der Waals surface area contributed by atoms with E-state index >= 15 is 0 Å². The van der Waals surface area contributed by atoms with Crippen LogP contribution in [0, 0.1) is 0 Å². The van der Waals surface area contributed by atoms with Crippen molar-refractivity contribution >= 4 is 23.1 Å². The summed E-state index contributed by atoms with van der Waals surface area (Å²) in [4.78, 5) is 26.0. The number of carbonyl (C=O) groups excluding carboxylic acids is 2. The largest absolute Gasteiger partial charge is 0.462 e. The van der Waals surface area contributed by atoms with Crippen molar-refractivity contribution in [3.8, 4) is 23.0 Å². The summed E-state index contributed by atoms with van der Waals surface area (Å²) in [6.07, 6.45) is 0. The molecule has 156 valence electrons. The summed E-state index contributed by atoms with van der Waals surface area (Å²) in [5, 5.41) is 0. The van der Waals surface area contributed by atoms with Gasteiger partial charge >= 0.3 is 11.9 Å². The quantitative estimate of drug-likeness (QED) is 0.406. The summed E-state index contributed by atoms with van der Waals surface area (Å²) in [5.41, 5.74) is 1.01. The molecule has 8 nitrogen and oxygen atoms in total. The first-order valence-electron chi connectivity index (χ1n) is 9.51. The Kier molecular flexibility index (Phi) is 5.47. The lowest BCUT2D eigenvalue weighted by atomic mass is 9.94. The zero-order valence-corrected chi connectivity index (χ0v) is 16.6. The second-order valence-corrected chi connectivity index (χ2v) is 6.33. The molecule has 0 unspecified atom stereocenters. The minimum absolute atomic E-state index is 0.0625. The highest BCUT2D eigenvalue weighted by Gasteiger charge is 2.29. The molecule has 2 aromatic carbocycles. The van der Waals surface area contributed by atoms with Gasteiger partial charge in [0.05, 0.1) is 24.4 Å². The van der Waals surface area contributed by atoms with Gasteiger partial charge in [0.25, 0.3) is 0 Å². The molecule has 0 saturated carbocycles. The molecule has 4 rings (SSSR count). The van der Waals surface area contributed by atoms with Crippen LogP contribution < -0.4 is 18.9 Å². The lowest BCUT2D eigenvalue weighted by molar-refractivity contribution is -0.138. The highest BCUT2D eigenvalue weighted by molar-refractivity contribution is 6.37. The average molecular weight is 412 g/mol. The van der Waals surface area contributed by atoms with Crippen molar-refractivity contribution in [1.82, 2.24) is 0 Å². The van der Waals surface area contributed by atoms with Gasteiger partial charge in [0, 0.05) is 0 Å². The molecule has 0 spiro atoms. The third-order valence-corrected chi connectivity index (χ3v) is 4.53. The van der Waals surface area contributed by atoms with Crippen LogP contribution in [0.4, 0.5) is 0 Å². The maximum Gasteiger partial charge on any atom is 0.339 e. The van der Waals surface area contributed by atoms with Crippen LogP contribution in [0.3, 0.4) is 0 Å². The summed E-state index contributed by atoms with van der Waals surface area (Å²) in [5.74, 6) is 0.756. The van der Waals surface area contributed by atoms with Gasteiger partial charge in [-0.3, -0.25) is 0 Å². The molecule has 0 amide bonds. The van der Waals surface area contributed by atoms with Crippen molar-refractivity contribution in [1.29, 1.82) is 0 Å². The molecule has 8 heteroatoms.